The van der Waals surface area contributed by atoms with Crippen molar-refractivity contribution >= 4 is 5.97 Å². The molecular weight excluding hydrogens is 240 g/mol. The predicted molar refractivity (Wildman–Crippen MR) is 64.4 cm³/mol. The third-order valence-electron chi connectivity index (χ3n) is 2.97. The highest BCUT2D eigenvalue weighted by atomic mass is 19.1. The third kappa shape index (κ3) is 3.50. The van der Waals surface area contributed by atoms with E-state index in [1.807, 2.05) is 13.8 Å². The highest BCUT2D eigenvalue weighted by Gasteiger charge is 2.24. The van der Waals surface area contributed by atoms with Gasteiger partial charge in [0.1, 0.15) is 17.7 Å². The summed E-state index contributed by atoms with van der Waals surface area (Å²) in [6.45, 7) is 4.83. The summed E-state index contributed by atoms with van der Waals surface area (Å²) >= 11 is 0. The molecule has 1 atom stereocenters. The van der Waals surface area contributed by atoms with Gasteiger partial charge in [0, 0.05) is 12.5 Å². The molecule has 1 N–H and O–H groups in total. The molecule has 0 fully saturated rings. The highest BCUT2D eigenvalue weighted by Crippen LogP contribution is 2.14. The third-order valence-corrected chi connectivity index (χ3v) is 2.97. The van der Waals surface area contributed by atoms with Crippen LogP contribution in [-0.4, -0.2) is 35.1 Å². The van der Waals surface area contributed by atoms with Crippen LogP contribution in [0.4, 0.5) is 8.78 Å². The molecule has 0 aliphatic rings. The number of aliphatic carboxylic acids is 1. The number of halogens is 2. The Morgan fingerprint density at radius 2 is 1.94 bits per heavy atom. The van der Waals surface area contributed by atoms with Gasteiger partial charge in [-0.3, -0.25) is 9.69 Å². The molecule has 0 amide bonds. The normalized spacial score (nSPS) is 12.7. The molecule has 100 valence electrons. The fourth-order valence-corrected chi connectivity index (χ4v) is 1.93. The van der Waals surface area contributed by atoms with Gasteiger partial charge in [-0.1, -0.05) is 19.9 Å². The van der Waals surface area contributed by atoms with Crippen molar-refractivity contribution in [2.75, 3.05) is 13.1 Å². The summed E-state index contributed by atoms with van der Waals surface area (Å²) in [7, 11) is 0. The molecule has 0 heterocycles. The maximum absolute atomic E-state index is 13.5. The highest BCUT2D eigenvalue weighted by molar-refractivity contribution is 5.74. The minimum atomic E-state index is -0.998. The maximum atomic E-state index is 13.5. The minimum Gasteiger partial charge on any atom is -0.480 e. The number of hydrogen-bond donors (Lipinski definition) is 1. The first-order chi connectivity index (χ1) is 8.49. The summed E-state index contributed by atoms with van der Waals surface area (Å²) in [5.41, 5.74) is 0.218. The van der Waals surface area contributed by atoms with Gasteiger partial charge in [0.25, 0.3) is 0 Å². The number of likely N-dealkylation sites (N-methyl/N-ethyl adjacent to an activating group) is 1. The van der Waals surface area contributed by atoms with Crippen LogP contribution in [0.2, 0.25) is 0 Å². The van der Waals surface area contributed by atoms with Crippen LogP contribution in [0.5, 0.6) is 0 Å². The SMILES string of the molecule is CCN(CC)C(Cc1ccc(F)cc1F)C(=O)O. The van der Waals surface area contributed by atoms with E-state index in [1.54, 1.807) is 4.90 Å². The summed E-state index contributed by atoms with van der Waals surface area (Å²) in [4.78, 5) is 12.9. The van der Waals surface area contributed by atoms with E-state index in [0.717, 1.165) is 12.1 Å². The van der Waals surface area contributed by atoms with E-state index in [0.29, 0.717) is 13.1 Å². The molecule has 3 nitrogen and oxygen atoms in total. The van der Waals surface area contributed by atoms with E-state index in [-0.39, 0.29) is 12.0 Å². The van der Waals surface area contributed by atoms with Crippen LogP contribution in [-0.2, 0) is 11.2 Å². The van der Waals surface area contributed by atoms with Gasteiger partial charge in [0.15, 0.2) is 0 Å². The number of carboxylic acid groups (broad SMARTS) is 1. The molecule has 1 aromatic carbocycles. The van der Waals surface area contributed by atoms with Gasteiger partial charge >= 0.3 is 5.97 Å². The van der Waals surface area contributed by atoms with Crippen molar-refractivity contribution in [1.82, 2.24) is 4.90 Å². The Hall–Kier alpha value is -1.49. The lowest BCUT2D eigenvalue weighted by atomic mass is 10.0. The van der Waals surface area contributed by atoms with Crippen LogP contribution in [0.25, 0.3) is 0 Å². The van der Waals surface area contributed by atoms with E-state index >= 15 is 0 Å². The van der Waals surface area contributed by atoms with Crippen molar-refractivity contribution in [2.24, 2.45) is 0 Å². The zero-order valence-corrected chi connectivity index (χ0v) is 10.5. The lowest BCUT2D eigenvalue weighted by molar-refractivity contribution is -0.143. The van der Waals surface area contributed by atoms with Crippen LogP contribution in [0.3, 0.4) is 0 Å². The smallest absolute Gasteiger partial charge is 0.321 e. The average molecular weight is 257 g/mol. The van der Waals surface area contributed by atoms with Crippen molar-refractivity contribution in [1.29, 1.82) is 0 Å². The molecule has 0 aromatic heterocycles. The molecule has 0 aliphatic carbocycles. The lowest BCUT2D eigenvalue weighted by Gasteiger charge is -2.26. The van der Waals surface area contributed by atoms with Gasteiger partial charge in [-0.15, -0.1) is 0 Å². The Labute approximate surface area is 105 Å². The topological polar surface area (TPSA) is 40.5 Å². The zero-order valence-electron chi connectivity index (χ0n) is 10.5. The predicted octanol–water partition coefficient (Wildman–Crippen LogP) is 2.30. The van der Waals surface area contributed by atoms with Crippen molar-refractivity contribution < 1.29 is 18.7 Å². The second kappa shape index (κ2) is 6.44. The number of rotatable bonds is 6. The summed E-state index contributed by atoms with van der Waals surface area (Å²) in [5, 5.41) is 9.17. The summed E-state index contributed by atoms with van der Waals surface area (Å²) in [6, 6.07) is 2.42. The molecule has 1 aromatic rings. The van der Waals surface area contributed by atoms with Gasteiger partial charge in [-0.05, 0) is 24.7 Å². The minimum absolute atomic E-state index is 0.0309. The van der Waals surface area contributed by atoms with Gasteiger partial charge in [-0.2, -0.15) is 0 Å². The summed E-state index contributed by atoms with van der Waals surface area (Å²) in [5.74, 6) is -2.36. The number of nitrogens with zero attached hydrogens (tertiary/aromatic N) is 1. The first-order valence-corrected chi connectivity index (χ1v) is 5.90. The number of benzene rings is 1. The molecule has 0 saturated carbocycles. The molecule has 0 radical (unpaired) electrons. The van der Waals surface area contributed by atoms with Gasteiger partial charge in [-0.25, -0.2) is 8.78 Å². The molecule has 5 heteroatoms. The van der Waals surface area contributed by atoms with E-state index in [4.69, 9.17) is 0 Å². The standard InChI is InChI=1S/C13H17F2NO2/c1-3-16(4-2)12(13(17)18)7-9-5-6-10(14)8-11(9)15/h5-6,8,12H,3-4,7H2,1-2H3,(H,17,18). The van der Waals surface area contributed by atoms with Crippen molar-refractivity contribution in [3.8, 4) is 0 Å². The van der Waals surface area contributed by atoms with E-state index in [1.165, 1.54) is 6.07 Å². The molecule has 18 heavy (non-hydrogen) atoms. The summed E-state index contributed by atoms with van der Waals surface area (Å²) < 4.78 is 26.3. The number of hydrogen-bond acceptors (Lipinski definition) is 2. The molecular formula is C13H17F2NO2. The quantitative estimate of drug-likeness (QED) is 0.850. The number of carbonyl (C=O) groups is 1. The van der Waals surface area contributed by atoms with E-state index < -0.39 is 23.6 Å². The van der Waals surface area contributed by atoms with E-state index in [2.05, 4.69) is 0 Å². The van der Waals surface area contributed by atoms with Crippen LogP contribution in [0.1, 0.15) is 19.4 Å². The molecule has 0 bridgehead atoms. The fraction of sp³-hybridized carbons (Fsp3) is 0.462. The van der Waals surface area contributed by atoms with Gasteiger partial charge in [0.05, 0.1) is 0 Å². The van der Waals surface area contributed by atoms with Crippen molar-refractivity contribution in [2.45, 2.75) is 26.3 Å². The Morgan fingerprint density at radius 3 is 2.39 bits per heavy atom. The Balaban J connectivity index is 2.93. The largest absolute Gasteiger partial charge is 0.480 e. The van der Waals surface area contributed by atoms with Crippen molar-refractivity contribution in [3.05, 3.63) is 35.4 Å². The molecule has 0 spiro atoms. The van der Waals surface area contributed by atoms with Gasteiger partial charge in [0.2, 0.25) is 0 Å². The Kier molecular flexibility index (Phi) is 5.22. The zero-order chi connectivity index (χ0) is 13.7. The van der Waals surface area contributed by atoms with Crippen LogP contribution in [0, 0.1) is 11.6 Å². The van der Waals surface area contributed by atoms with Crippen molar-refractivity contribution in [3.63, 3.8) is 0 Å². The van der Waals surface area contributed by atoms with Crippen LogP contribution < -0.4 is 0 Å². The first kappa shape index (κ1) is 14.6. The summed E-state index contributed by atoms with van der Waals surface area (Å²) in [6.07, 6.45) is 0.0309. The Bertz CT molecular complexity index is 419. The first-order valence-electron chi connectivity index (χ1n) is 5.90. The molecule has 0 saturated heterocycles. The molecule has 1 unspecified atom stereocenters. The lowest BCUT2D eigenvalue weighted by Crippen LogP contribution is -2.42. The van der Waals surface area contributed by atoms with Gasteiger partial charge < -0.3 is 5.11 Å². The number of carboxylic acids is 1. The average Bonchev–Trinajstić information content (AvgIpc) is 2.31. The fourth-order valence-electron chi connectivity index (χ4n) is 1.93. The Morgan fingerprint density at radius 1 is 1.33 bits per heavy atom. The second-order valence-electron chi connectivity index (χ2n) is 4.02. The second-order valence-corrected chi connectivity index (χ2v) is 4.02. The maximum Gasteiger partial charge on any atom is 0.321 e. The van der Waals surface area contributed by atoms with E-state index in [9.17, 15) is 18.7 Å². The monoisotopic (exact) mass is 257 g/mol. The van der Waals surface area contributed by atoms with Crippen LogP contribution >= 0.6 is 0 Å². The molecule has 0 aliphatic heterocycles. The molecule has 1 rings (SSSR count). The van der Waals surface area contributed by atoms with Crippen LogP contribution in [0.15, 0.2) is 18.2 Å².